The van der Waals surface area contributed by atoms with Crippen molar-refractivity contribution in [1.82, 2.24) is 0 Å². The van der Waals surface area contributed by atoms with Gasteiger partial charge in [-0.3, -0.25) is 5.43 Å². The van der Waals surface area contributed by atoms with Gasteiger partial charge in [0, 0.05) is 22.2 Å². The zero-order valence-corrected chi connectivity index (χ0v) is 42.9. The van der Waals surface area contributed by atoms with Gasteiger partial charge in [0.15, 0.2) is 19.7 Å². The van der Waals surface area contributed by atoms with Crippen molar-refractivity contribution in [2.75, 3.05) is 11.2 Å². The quantitative estimate of drug-likeness (QED) is 0.0476. The molecule has 22 nitrogen and oxygen atoms in total. The van der Waals surface area contributed by atoms with E-state index in [9.17, 15) is 47.6 Å². The van der Waals surface area contributed by atoms with Gasteiger partial charge in [0.25, 0.3) is 0 Å². The smallest absolute Gasteiger partial charge is 0.744 e. The third-order valence-electron chi connectivity index (χ3n) is 6.04. The van der Waals surface area contributed by atoms with Crippen molar-refractivity contribution in [3.63, 3.8) is 0 Å². The average Bonchev–Trinajstić information content (AvgIpc) is 3.06. The molecular weight excluding hydrogens is 939 g/mol. The number of nitrogens with one attached hydrogen (secondary N) is 1. The fourth-order valence-electron chi connectivity index (χ4n) is 3.80. The summed E-state index contributed by atoms with van der Waals surface area (Å²) in [5, 5.41) is 12.4. The molecular formula is C26H17N5Na4O17S6. The van der Waals surface area contributed by atoms with Crippen molar-refractivity contribution >= 4 is 101 Å². The van der Waals surface area contributed by atoms with E-state index in [0.717, 1.165) is 42.5 Å². The Morgan fingerprint density at radius 1 is 0.724 bits per heavy atom. The number of rotatable bonds is 10. The van der Waals surface area contributed by atoms with Crippen LogP contribution in [0.25, 0.3) is 6.08 Å². The second-order valence-corrected chi connectivity index (χ2v) is 16.6. The van der Waals surface area contributed by atoms with Crippen molar-refractivity contribution in [2.24, 2.45) is 15.3 Å². The minimum Gasteiger partial charge on any atom is -0.744 e. The number of allylic oxidation sites excluding steroid dienone is 1. The molecule has 0 amide bonds. The molecule has 0 saturated carbocycles. The Bertz CT molecular complexity index is 2810. The first-order valence-electron chi connectivity index (χ1n) is 13.0. The van der Waals surface area contributed by atoms with E-state index in [1.165, 1.54) is 0 Å². The van der Waals surface area contributed by atoms with E-state index >= 15 is 0 Å². The van der Waals surface area contributed by atoms with Crippen LogP contribution in [0.1, 0.15) is 15.9 Å². The Hall–Kier alpha value is -1.62. The largest absolute Gasteiger partial charge is 1.00 e. The number of hydrazone groups is 1. The fourth-order valence-corrected chi connectivity index (χ4v) is 6.59. The summed E-state index contributed by atoms with van der Waals surface area (Å²) in [5.41, 5.74) is 5.14. The molecule has 0 fully saturated rings. The molecule has 0 aliphatic heterocycles. The first-order chi connectivity index (χ1) is 24.8. The molecule has 3 N–H and O–H groups in total. The predicted molar refractivity (Wildman–Crippen MR) is 180 cm³/mol. The number of nitrogens with two attached hydrogens (primary N) is 1. The van der Waals surface area contributed by atoms with Gasteiger partial charge in [0.2, 0.25) is 0 Å². The van der Waals surface area contributed by atoms with Crippen LogP contribution >= 0.6 is 0 Å². The fraction of sp³-hybridized carbons (Fsp3) is 0. The van der Waals surface area contributed by atoms with E-state index in [2.05, 4.69) is 46.1 Å². The maximum Gasteiger partial charge on any atom is 1.00 e. The van der Waals surface area contributed by atoms with Crippen LogP contribution in [0.2, 0.25) is 0 Å². The summed E-state index contributed by atoms with van der Waals surface area (Å²) in [6, 6.07) is 9.07. The van der Waals surface area contributed by atoms with Crippen molar-refractivity contribution in [2.45, 2.75) is 19.6 Å². The van der Waals surface area contributed by atoms with E-state index in [4.69, 9.17) is 31.0 Å². The molecule has 0 bridgehead atoms. The number of ketones is 1. The van der Waals surface area contributed by atoms with Gasteiger partial charge in [-0.1, -0.05) is 24.8 Å². The third kappa shape index (κ3) is 17.4. The minimum absolute atomic E-state index is 0. The van der Waals surface area contributed by atoms with Crippen LogP contribution in [0.15, 0.2) is 101 Å². The zero-order chi connectivity index (χ0) is 41.4. The van der Waals surface area contributed by atoms with Crippen LogP contribution in [0.3, 0.4) is 0 Å². The standard InChI is InChI=1S/C26H19N5O11S4.4Na.2O3S/c1-3-43(33,34)17-8-6-16(7-9-17)28-31-25-22(46(40,41)42)13-15-5-11-20(26(32)23(15)24(25)27)30-29-19-12-10-18(44(35,36)4-2)14-21(19)45(37,38)39;;;;;2*1-4(2)3/h3-6,8-10,12-14,29H,1-2,27H2,(H,37,38,39)(H,40,41,42);;;;;;/q-2;4*+1;;/p-2. The summed E-state index contributed by atoms with van der Waals surface area (Å²) < 4.78 is 170. The van der Waals surface area contributed by atoms with Crippen molar-refractivity contribution in [3.05, 3.63) is 89.7 Å². The van der Waals surface area contributed by atoms with E-state index in [1.54, 1.807) is 0 Å². The molecule has 0 radical (unpaired) electrons. The number of hydrogen-bond acceptors (Lipinski definition) is 22. The van der Waals surface area contributed by atoms with Gasteiger partial charge in [-0.25, -0.2) is 33.7 Å². The maximum atomic E-state index is 13.3. The Kier molecular flexibility index (Phi) is 26.5. The first kappa shape index (κ1) is 60.7. The Labute approximate surface area is 422 Å². The van der Waals surface area contributed by atoms with Crippen molar-refractivity contribution in [3.8, 4) is 0 Å². The van der Waals surface area contributed by atoms with Gasteiger partial charge < -0.3 is 19.6 Å². The number of azo groups is 1. The van der Waals surface area contributed by atoms with Gasteiger partial charge in [0.05, 0.1) is 20.4 Å². The molecule has 4 rings (SSSR count). The summed E-state index contributed by atoms with van der Waals surface area (Å²) in [6.45, 7) is 6.32. The topological polar surface area (TPSA) is 377 Å². The molecule has 0 spiro atoms. The number of benzene rings is 3. The normalized spacial score (nSPS) is 12.5. The van der Waals surface area contributed by atoms with Gasteiger partial charge in [-0.05, 0) is 28.8 Å². The first-order valence-corrected chi connectivity index (χ1v) is 20.9. The number of hydrogen-bond donors (Lipinski definition) is 2. The Balaban J connectivity index is -0.00000231. The number of anilines is 2. The van der Waals surface area contributed by atoms with Gasteiger partial charge in [-0.15, -0.1) is 42.0 Å². The predicted octanol–water partition coefficient (Wildman–Crippen LogP) is -11.4. The third-order valence-corrected chi connectivity index (χ3v) is 10.5. The molecule has 0 atom stereocenters. The van der Waals surface area contributed by atoms with Crippen molar-refractivity contribution < 1.29 is 191 Å². The molecule has 1 aliphatic rings. The second kappa shape index (κ2) is 25.3. The number of nitrogens with zero attached hydrogens (tertiary/aromatic N) is 3. The van der Waals surface area contributed by atoms with E-state index in [0.29, 0.717) is 16.9 Å². The van der Waals surface area contributed by atoms with Crippen LogP contribution in [-0.2, 0) is 61.1 Å². The van der Waals surface area contributed by atoms with E-state index < -0.39 is 110 Å². The van der Waals surface area contributed by atoms with Crippen LogP contribution in [-0.4, -0.2) is 79.5 Å². The molecule has 3 aromatic carbocycles. The van der Waals surface area contributed by atoms with Gasteiger partial charge in [-0.2, -0.15) is 40.6 Å². The zero-order valence-electron chi connectivity index (χ0n) is 30.0. The average molecular weight is 956 g/mol. The number of carbonyl (C=O) groups is 1. The van der Waals surface area contributed by atoms with Crippen molar-refractivity contribution in [1.29, 1.82) is 0 Å². The van der Waals surface area contributed by atoms with Crippen LogP contribution < -0.4 is 129 Å². The summed E-state index contributed by atoms with van der Waals surface area (Å²) in [6.07, 6.45) is 3.45. The number of fused-ring (bicyclic) bond motifs is 1. The number of sulfone groups is 2. The minimum atomic E-state index is -5.27. The van der Waals surface area contributed by atoms with Crippen LogP contribution in [0.4, 0.5) is 22.7 Å². The molecule has 3 aromatic rings. The number of Topliss-reactive ketones (excluding diaryl/α,β-unsaturated/α-hetero) is 1. The monoisotopic (exact) mass is 955 g/mol. The van der Waals surface area contributed by atoms with Gasteiger partial charge in [0.1, 0.15) is 31.7 Å². The van der Waals surface area contributed by atoms with E-state index in [-0.39, 0.29) is 134 Å². The molecule has 32 heteroatoms. The summed E-state index contributed by atoms with van der Waals surface area (Å²) in [5.74, 6) is -1.02. The molecule has 0 unspecified atom stereocenters. The molecule has 58 heavy (non-hydrogen) atoms. The molecule has 0 aromatic heterocycles. The summed E-state index contributed by atoms with van der Waals surface area (Å²) in [4.78, 5) is 10.6. The number of nitrogen functional groups attached to an aromatic ring is 1. The summed E-state index contributed by atoms with van der Waals surface area (Å²) in [7, 11) is -24.7. The Morgan fingerprint density at radius 3 is 1.66 bits per heavy atom. The van der Waals surface area contributed by atoms with Crippen LogP contribution in [0, 0.1) is 12.1 Å². The second-order valence-electron chi connectivity index (χ2n) is 9.30. The van der Waals surface area contributed by atoms with Crippen LogP contribution in [0.5, 0.6) is 0 Å². The molecule has 1 aliphatic carbocycles. The van der Waals surface area contributed by atoms with E-state index in [1.807, 2.05) is 0 Å². The summed E-state index contributed by atoms with van der Waals surface area (Å²) >= 11 is 0. The van der Waals surface area contributed by atoms with Gasteiger partial charge >= 0.3 is 139 Å². The molecule has 0 heterocycles. The maximum absolute atomic E-state index is 13.3. The molecule has 0 saturated heterocycles. The SMILES string of the molecule is C=CS(=O)(=O)c1c[c-]c(N=Nc2c(S(=O)(=O)[O-])cc3c(c2N)C(=O)C(=NNc2ccc(S(=O)(=O)C=C)cc2S(=O)(=O)[O-])[C-]=C3)cc1.O=S(=O)=O.O=S(=O)=O.[Na+].[Na+].[Na+].[Na+]. The number of carbonyl (C=O) groups excluding carboxylic acids is 1. The molecule has 288 valence electrons. The Morgan fingerprint density at radius 2 is 1.21 bits per heavy atom.